The summed E-state index contributed by atoms with van der Waals surface area (Å²) in [6.45, 7) is 11.8. The highest BCUT2D eigenvalue weighted by molar-refractivity contribution is 6.20. The maximum Gasteiger partial charge on any atom is 0.143 e. The van der Waals surface area contributed by atoms with Crippen molar-refractivity contribution >= 4 is 82.5 Å². The molecular formula is C69H59NO2. The quantitative estimate of drug-likeness (QED) is 0.172. The van der Waals surface area contributed by atoms with E-state index in [1.807, 2.05) is 0 Å². The van der Waals surface area contributed by atoms with E-state index in [-0.39, 0.29) is 12.3 Å². The summed E-state index contributed by atoms with van der Waals surface area (Å²) in [7, 11) is 0. The van der Waals surface area contributed by atoms with Gasteiger partial charge in [0.15, 0.2) is 0 Å². The molecule has 2 aromatic heterocycles. The number of aryl methyl sites for hydroxylation is 1. The predicted molar refractivity (Wildman–Crippen MR) is 312 cm³/mol. The molecule has 352 valence electrons. The Bertz CT molecular complexity index is 4240. The molecule has 2 heterocycles. The lowest BCUT2D eigenvalue weighted by molar-refractivity contribution is 0.657. The Labute approximate surface area is 432 Å². The summed E-state index contributed by atoms with van der Waals surface area (Å²) in [4.78, 5) is 2.46. The van der Waals surface area contributed by atoms with Crippen LogP contribution >= 0.6 is 0 Å². The molecule has 2 aliphatic rings. The molecule has 3 heteroatoms. The molecule has 3 nitrogen and oxygen atoms in total. The van der Waals surface area contributed by atoms with Crippen LogP contribution < -0.4 is 4.90 Å². The molecule has 72 heavy (non-hydrogen) atoms. The number of rotatable bonds is 5. The summed E-state index contributed by atoms with van der Waals surface area (Å²) >= 11 is 0. The van der Waals surface area contributed by atoms with Gasteiger partial charge in [-0.05, 0) is 157 Å². The molecule has 0 saturated heterocycles. The van der Waals surface area contributed by atoms with Gasteiger partial charge in [-0.1, -0.05) is 167 Å². The maximum absolute atomic E-state index is 6.89. The van der Waals surface area contributed by atoms with E-state index in [9.17, 15) is 0 Å². The van der Waals surface area contributed by atoms with Crippen LogP contribution in [-0.2, 0) is 10.8 Å². The van der Waals surface area contributed by atoms with Crippen LogP contribution in [0.5, 0.6) is 0 Å². The van der Waals surface area contributed by atoms with Gasteiger partial charge in [-0.15, -0.1) is 0 Å². The number of furan rings is 2. The van der Waals surface area contributed by atoms with Crippen molar-refractivity contribution < 1.29 is 22.1 Å². The third-order valence-electron chi connectivity index (χ3n) is 16.5. The molecule has 13 aromatic rings. The normalized spacial score (nSPS) is 14.6. The van der Waals surface area contributed by atoms with Crippen molar-refractivity contribution in [1.82, 2.24) is 0 Å². The summed E-state index contributed by atoms with van der Waals surface area (Å²) in [6.07, 6.45) is 0. The first-order valence-electron chi connectivity index (χ1n) is 29.2. The van der Waals surface area contributed by atoms with E-state index in [0.717, 1.165) is 72.4 Å². The summed E-state index contributed by atoms with van der Waals surface area (Å²) in [5.74, 6) is 0. The second kappa shape index (κ2) is 14.7. The standard InChI is InChI=1S/C69H49NO2.5H2/c1-40-22-28-47(29-23-40)70(48-30-32-50-56(36-48)68(2,3)58-38-54(45-26-24-41-14-6-8-16-43(41)34-45)66-64(62(50)58)52-18-10-12-20-60(52)71-66)49-31-33-51-57(37-49)69(4,5)59-39-55(46-27-25-42-15-7-9-17-44(42)35-46)67-65(63(51)59)53-19-11-13-21-61(53)72-67;;;;;/h6-39H,1-5H3;5*1H/i;4*1+1D;1+1. The van der Waals surface area contributed by atoms with Gasteiger partial charge in [0.05, 0.1) is 0 Å². The minimum atomic E-state index is -0.319. The highest BCUT2D eigenvalue weighted by Crippen LogP contribution is 2.59. The molecule has 0 radical (unpaired) electrons. The minimum Gasteiger partial charge on any atom is -0.455 e. The summed E-state index contributed by atoms with van der Waals surface area (Å²) in [5, 5.41) is 9.56. The highest BCUT2D eigenvalue weighted by atomic mass is 16.3. The Morgan fingerprint density at radius 2 is 0.792 bits per heavy atom. The molecule has 0 fully saturated rings. The van der Waals surface area contributed by atoms with Crippen molar-refractivity contribution in [2.45, 2.75) is 45.4 Å². The Kier molecular flexibility index (Phi) is 7.59. The first kappa shape index (κ1) is 37.2. The van der Waals surface area contributed by atoms with Crippen LogP contribution in [0.2, 0.25) is 0 Å². The van der Waals surface area contributed by atoms with Crippen LogP contribution in [0, 0.1) is 6.92 Å². The Morgan fingerprint density at radius 1 is 0.375 bits per heavy atom. The first-order chi connectivity index (χ1) is 39.1. The van der Waals surface area contributed by atoms with Crippen molar-refractivity contribution in [2.75, 3.05) is 4.90 Å². The largest absolute Gasteiger partial charge is 0.455 e. The van der Waals surface area contributed by atoms with E-state index in [0.29, 0.717) is 0 Å². The van der Waals surface area contributed by atoms with Crippen LogP contribution in [0.15, 0.2) is 215 Å². The zero-order chi connectivity index (χ0) is 56.2. The van der Waals surface area contributed by atoms with Gasteiger partial charge in [0.25, 0.3) is 0 Å². The van der Waals surface area contributed by atoms with E-state index in [1.54, 1.807) is 0 Å². The van der Waals surface area contributed by atoms with E-state index in [2.05, 4.69) is 246 Å². The zero-order valence-electron chi connectivity index (χ0n) is 48.9. The molecule has 0 atom stereocenters. The molecule has 0 aliphatic heterocycles. The zero-order valence-corrected chi connectivity index (χ0v) is 40.9. The van der Waals surface area contributed by atoms with E-state index in [1.165, 1.54) is 82.4 Å². The molecule has 0 amide bonds. The number of fused-ring (bicyclic) bond motifs is 16. The molecule has 0 spiro atoms. The fourth-order valence-electron chi connectivity index (χ4n) is 12.7. The first-order valence-corrected chi connectivity index (χ1v) is 25.2. The van der Waals surface area contributed by atoms with Gasteiger partial charge >= 0.3 is 0 Å². The second-order valence-corrected chi connectivity index (χ2v) is 21.3. The van der Waals surface area contributed by atoms with Crippen LogP contribution in [-0.4, -0.2) is 0 Å². The van der Waals surface area contributed by atoms with Gasteiger partial charge in [0.2, 0.25) is 0 Å². The fraction of sp³-hybridized carbons (Fsp3) is 0.101. The smallest absolute Gasteiger partial charge is 0.143 e. The molecular weight excluding hydrogens is 875 g/mol. The molecule has 2 aliphatic carbocycles. The van der Waals surface area contributed by atoms with Crippen molar-refractivity contribution in [3.05, 3.63) is 234 Å². The van der Waals surface area contributed by atoms with Crippen molar-refractivity contribution in [3.8, 4) is 44.5 Å². The number of anilines is 3. The number of hydrogen-bond acceptors (Lipinski definition) is 3. The molecule has 15 rings (SSSR count). The summed E-state index contributed by atoms with van der Waals surface area (Å²) in [5.41, 5.74) is 22.5. The molecule has 0 N–H and O–H groups in total. The van der Waals surface area contributed by atoms with Crippen molar-refractivity contribution in [1.29, 1.82) is 0 Å². The van der Waals surface area contributed by atoms with Gasteiger partial charge in [-0.3, -0.25) is 0 Å². The Morgan fingerprint density at radius 3 is 1.26 bits per heavy atom. The second-order valence-electron chi connectivity index (χ2n) is 21.3. The SMILES string of the molecule is Cc1ccc(N(c2ccc3c(c2)C(C)(C)c2cc(-c4ccc5ccccc5c4)c4oc5ccccc5c4c2-3)c2ccc3c(c2)C(C)(C)c2cc(-c4ccc5ccccc5c4)c4oc5ccccc5c4c2-3)cc1.[2HH].[2H][2H].[2H][2H].[2H][2H].[2H][2H]. The molecule has 11 aromatic carbocycles. The molecule has 0 saturated carbocycles. The van der Waals surface area contributed by atoms with Gasteiger partial charge < -0.3 is 13.7 Å². The van der Waals surface area contributed by atoms with Crippen molar-refractivity contribution in [2.24, 2.45) is 0 Å². The lowest BCUT2D eigenvalue weighted by Crippen LogP contribution is -2.18. The van der Waals surface area contributed by atoms with Crippen LogP contribution in [0.4, 0.5) is 17.1 Å². The average molecular weight is 943 g/mol. The Hall–Kier alpha value is -8.66. The predicted octanol–water partition coefficient (Wildman–Crippen LogP) is 20.7. The summed E-state index contributed by atoms with van der Waals surface area (Å²) in [6, 6.07) is 76.1. The van der Waals surface area contributed by atoms with E-state index >= 15 is 0 Å². The van der Waals surface area contributed by atoms with Crippen LogP contribution in [0.1, 0.15) is 68.8 Å². The number of hydrogen-bond donors (Lipinski definition) is 0. The number of para-hydroxylation sites is 2. The third-order valence-corrected chi connectivity index (χ3v) is 16.5. The van der Waals surface area contributed by atoms with Crippen LogP contribution in [0.25, 0.3) is 110 Å². The third kappa shape index (κ3) is 5.73. The number of nitrogens with zero attached hydrogens (tertiary/aromatic N) is 1. The summed E-state index contributed by atoms with van der Waals surface area (Å²) < 4.78 is 53.8. The van der Waals surface area contributed by atoms with Gasteiger partial charge in [0.1, 0.15) is 22.3 Å². The fourth-order valence-corrected chi connectivity index (χ4v) is 12.7. The highest BCUT2D eigenvalue weighted by Gasteiger charge is 2.41. The van der Waals surface area contributed by atoms with E-state index in [4.69, 9.17) is 20.7 Å². The lowest BCUT2D eigenvalue weighted by atomic mass is 9.80. The molecule has 0 unspecified atom stereocenters. The van der Waals surface area contributed by atoms with Crippen LogP contribution in [0.3, 0.4) is 0 Å². The Balaban J connectivity index is 0.000000786. The topological polar surface area (TPSA) is 29.5 Å². The maximum atomic E-state index is 6.89. The average Bonchev–Trinajstić information content (AvgIpc) is 4.43. The molecule has 0 bridgehead atoms. The van der Waals surface area contributed by atoms with Gasteiger partial charge in [-0.25, -0.2) is 0 Å². The monoisotopic (exact) mass is 943 g/mol. The minimum absolute atomic E-state index is 0. The van der Waals surface area contributed by atoms with Gasteiger partial charge in [-0.2, -0.15) is 0 Å². The van der Waals surface area contributed by atoms with Crippen molar-refractivity contribution in [3.63, 3.8) is 0 Å². The van der Waals surface area contributed by atoms with Gasteiger partial charge in [0, 0.05) is 73.9 Å². The van der Waals surface area contributed by atoms with E-state index < -0.39 is 0 Å². The lowest BCUT2D eigenvalue weighted by Gasteiger charge is -2.30. The number of benzene rings is 11.